The molecule has 0 atom stereocenters. The van der Waals surface area contributed by atoms with Crippen molar-refractivity contribution in [3.05, 3.63) is 75.8 Å². The number of carbonyl (C=O) groups is 1. The molecule has 10 heteroatoms. The molecule has 31 heavy (non-hydrogen) atoms. The minimum atomic E-state index is -0.448. The second-order valence-electron chi connectivity index (χ2n) is 6.99. The van der Waals surface area contributed by atoms with Gasteiger partial charge in [0.2, 0.25) is 11.1 Å². The summed E-state index contributed by atoms with van der Waals surface area (Å²) in [5.74, 6) is -0.0298. The van der Waals surface area contributed by atoms with E-state index in [9.17, 15) is 14.9 Å². The van der Waals surface area contributed by atoms with Gasteiger partial charge in [0.1, 0.15) is 0 Å². The molecule has 0 saturated carbocycles. The zero-order valence-corrected chi connectivity index (χ0v) is 17.6. The fourth-order valence-electron chi connectivity index (χ4n) is 3.17. The Hall–Kier alpha value is -3.79. The number of carbonyl (C=O) groups excluding carboxylic acids is 1. The van der Waals surface area contributed by atoms with E-state index >= 15 is 0 Å². The molecule has 0 aliphatic carbocycles. The van der Waals surface area contributed by atoms with Crippen molar-refractivity contribution in [1.29, 1.82) is 0 Å². The molecule has 2 heterocycles. The molecule has 4 rings (SSSR count). The fraction of sp³-hybridized carbons (Fsp3) is 0.143. The number of aromatic nitrogens is 4. The van der Waals surface area contributed by atoms with E-state index in [2.05, 4.69) is 20.6 Å². The summed E-state index contributed by atoms with van der Waals surface area (Å²) in [6.07, 6.45) is 0. The van der Waals surface area contributed by atoms with Crippen LogP contribution in [0.15, 0.2) is 59.8 Å². The van der Waals surface area contributed by atoms with E-state index in [-0.39, 0.29) is 17.3 Å². The number of hydrogen-bond acceptors (Lipinski definition) is 7. The van der Waals surface area contributed by atoms with Crippen LogP contribution in [0.1, 0.15) is 11.1 Å². The topological polar surface area (TPSA) is 115 Å². The predicted molar refractivity (Wildman–Crippen MR) is 118 cm³/mol. The minimum Gasteiger partial charge on any atom is -0.325 e. The smallest absolute Gasteiger partial charge is 0.270 e. The van der Waals surface area contributed by atoms with Crippen LogP contribution in [-0.2, 0) is 4.79 Å². The standard InChI is InChI=1S/C21H18N6O3S/c1-13-8-14(2)10-16(9-13)22-20(28)12-31-21-24-23-19-7-6-18(25-26(19)21)15-4-3-5-17(11-15)27(29)30/h3-11H,12H2,1-2H3,(H,22,28). The molecule has 0 bridgehead atoms. The summed E-state index contributed by atoms with van der Waals surface area (Å²) in [5.41, 5.74) is 4.55. The fourth-order valence-corrected chi connectivity index (χ4v) is 3.85. The number of nitrogens with one attached hydrogen (secondary N) is 1. The monoisotopic (exact) mass is 434 g/mol. The van der Waals surface area contributed by atoms with Gasteiger partial charge in [0, 0.05) is 23.4 Å². The van der Waals surface area contributed by atoms with Crippen molar-refractivity contribution in [1.82, 2.24) is 19.8 Å². The van der Waals surface area contributed by atoms with Gasteiger partial charge >= 0.3 is 0 Å². The lowest BCUT2D eigenvalue weighted by Gasteiger charge is -2.07. The second-order valence-corrected chi connectivity index (χ2v) is 7.93. The Morgan fingerprint density at radius 3 is 2.61 bits per heavy atom. The average molecular weight is 434 g/mol. The van der Waals surface area contributed by atoms with E-state index in [1.807, 2.05) is 32.0 Å². The number of hydrogen-bond donors (Lipinski definition) is 1. The predicted octanol–water partition coefficient (Wildman–Crippen LogP) is 4.05. The molecule has 9 nitrogen and oxygen atoms in total. The highest BCUT2D eigenvalue weighted by Crippen LogP contribution is 2.24. The molecule has 4 aromatic rings. The summed E-state index contributed by atoms with van der Waals surface area (Å²) in [7, 11) is 0. The molecular weight excluding hydrogens is 416 g/mol. The number of nitro benzene ring substituents is 1. The normalized spacial score (nSPS) is 10.9. The van der Waals surface area contributed by atoms with Crippen LogP contribution in [0, 0.1) is 24.0 Å². The van der Waals surface area contributed by atoms with Crippen molar-refractivity contribution in [3.63, 3.8) is 0 Å². The van der Waals surface area contributed by atoms with Gasteiger partial charge in [0.05, 0.1) is 16.4 Å². The van der Waals surface area contributed by atoms with E-state index in [0.717, 1.165) is 16.8 Å². The van der Waals surface area contributed by atoms with Crippen molar-refractivity contribution < 1.29 is 9.72 Å². The first-order chi connectivity index (χ1) is 14.9. The zero-order chi connectivity index (χ0) is 22.0. The summed E-state index contributed by atoms with van der Waals surface area (Å²) in [6, 6.07) is 15.6. The molecule has 1 N–H and O–H groups in total. The summed E-state index contributed by atoms with van der Waals surface area (Å²) in [5, 5.41) is 27.1. The zero-order valence-electron chi connectivity index (χ0n) is 16.8. The molecule has 0 unspecified atom stereocenters. The number of nitrogens with zero attached hydrogens (tertiary/aromatic N) is 5. The Kier molecular flexibility index (Phi) is 5.63. The van der Waals surface area contributed by atoms with Crippen LogP contribution in [0.4, 0.5) is 11.4 Å². The Balaban J connectivity index is 1.52. The SMILES string of the molecule is Cc1cc(C)cc(NC(=O)CSc2nnc3ccc(-c4cccc([N+](=O)[O-])c4)nn23)c1. The lowest BCUT2D eigenvalue weighted by Crippen LogP contribution is -2.14. The molecule has 0 saturated heterocycles. The Morgan fingerprint density at radius 2 is 1.87 bits per heavy atom. The van der Waals surface area contributed by atoms with E-state index in [4.69, 9.17) is 0 Å². The number of rotatable bonds is 6. The highest BCUT2D eigenvalue weighted by Gasteiger charge is 2.13. The molecule has 1 amide bonds. The van der Waals surface area contributed by atoms with Crippen LogP contribution in [-0.4, -0.2) is 36.4 Å². The highest BCUT2D eigenvalue weighted by atomic mass is 32.2. The van der Waals surface area contributed by atoms with Gasteiger partial charge in [-0.3, -0.25) is 14.9 Å². The maximum atomic E-state index is 12.4. The molecule has 0 fully saturated rings. The molecule has 0 radical (unpaired) electrons. The van der Waals surface area contributed by atoms with E-state index in [1.165, 1.54) is 28.4 Å². The third-order valence-corrected chi connectivity index (χ3v) is 5.34. The van der Waals surface area contributed by atoms with Gasteiger partial charge in [-0.2, -0.15) is 9.61 Å². The number of non-ortho nitro benzene ring substituents is 1. The van der Waals surface area contributed by atoms with Crippen molar-refractivity contribution in [2.75, 3.05) is 11.1 Å². The average Bonchev–Trinajstić information content (AvgIpc) is 3.14. The van der Waals surface area contributed by atoms with Gasteiger partial charge in [-0.25, -0.2) is 0 Å². The molecule has 0 aliphatic rings. The molecule has 0 spiro atoms. The molecule has 0 aliphatic heterocycles. The first-order valence-electron chi connectivity index (χ1n) is 9.37. The largest absolute Gasteiger partial charge is 0.325 e. The van der Waals surface area contributed by atoms with E-state index in [1.54, 1.807) is 24.3 Å². The Morgan fingerprint density at radius 1 is 1.10 bits per heavy atom. The second kappa shape index (κ2) is 8.52. The number of aryl methyl sites for hydroxylation is 2. The lowest BCUT2D eigenvalue weighted by atomic mass is 10.1. The lowest BCUT2D eigenvalue weighted by molar-refractivity contribution is -0.384. The third-order valence-electron chi connectivity index (χ3n) is 4.42. The summed E-state index contributed by atoms with van der Waals surface area (Å²) in [4.78, 5) is 23.0. The Bertz CT molecular complexity index is 1280. The highest BCUT2D eigenvalue weighted by molar-refractivity contribution is 7.99. The van der Waals surface area contributed by atoms with Gasteiger partial charge in [-0.05, 0) is 49.2 Å². The summed E-state index contributed by atoms with van der Waals surface area (Å²) in [6.45, 7) is 3.95. The first-order valence-corrected chi connectivity index (χ1v) is 10.4. The number of amides is 1. The van der Waals surface area contributed by atoms with E-state index < -0.39 is 4.92 Å². The van der Waals surface area contributed by atoms with Crippen LogP contribution >= 0.6 is 11.8 Å². The summed E-state index contributed by atoms with van der Waals surface area (Å²) < 4.78 is 1.53. The maximum Gasteiger partial charge on any atom is 0.270 e. The number of thioether (sulfide) groups is 1. The Labute approximate surface area is 181 Å². The van der Waals surface area contributed by atoms with Crippen LogP contribution < -0.4 is 5.32 Å². The van der Waals surface area contributed by atoms with Crippen LogP contribution in [0.2, 0.25) is 0 Å². The van der Waals surface area contributed by atoms with Crippen LogP contribution in [0.5, 0.6) is 0 Å². The number of nitro groups is 1. The minimum absolute atomic E-state index is 0.0131. The van der Waals surface area contributed by atoms with E-state index in [0.29, 0.717) is 22.1 Å². The van der Waals surface area contributed by atoms with Gasteiger partial charge < -0.3 is 5.32 Å². The van der Waals surface area contributed by atoms with Gasteiger partial charge in [0.25, 0.3) is 5.69 Å². The molecule has 2 aromatic carbocycles. The quantitative estimate of drug-likeness (QED) is 0.276. The van der Waals surface area contributed by atoms with Crippen molar-refractivity contribution in [2.45, 2.75) is 19.0 Å². The van der Waals surface area contributed by atoms with Crippen molar-refractivity contribution in [3.8, 4) is 11.3 Å². The first kappa shape index (κ1) is 20.5. The van der Waals surface area contributed by atoms with Crippen molar-refractivity contribution >= 4 is 34.7 Å². The number of anilines is 1. The van der Waals surface area contributed by atoms with Gasteiger partial charge in [-0.1, -0.05) is 30.0 Å². The third kappa shape index (κ3) is 4.69. The maximum absolute atomic E-state index is 12.4. The number of benzene rings is 2. The number of fused-ring (bicyclic) bond motifs is 1. The van der Waals surface area contributed by atoms with Gasteiger partial charge in [-0.15, -0.1) is 10.2 Å². The van der Waals surface area contributed by atoms with Crippen LogP contribution in [0.25, 0.3) is 16.9 Å². The molecular formula is C21H18N6O3S. The molecule has 2 aromatic heterocycles. The van der Waals surface area contributed by atoms with Crippen molar-refractivity contribution in [2.24, 2.45) is 0 Å². The molecule has 156 valence electrons. The van der Waals surface area contributed by atoms with Crippen LogP contribution in [0.3, 0.4) is 0 Å². The summed E-state index contributed by atoms with van der Waals surface area (Å²) >= 11 is 1.21. The van der Waals surface area contributed by atoms with Gasteiger partial charge in [0.15, 0.2) is 5.65 Å².